The zero-order valence-corrected chi connectivity index (χ0v) is 15.7. The van der Waals surface area contributed by atoms with Gasteiger partial charge in [0.05, 0.1) is 19.2 Å². The maximum Gasteiger partial charge on any atom is 0.338 e. The lowest BCUT2D eigenvalue weighted by atomic mass is 9.94. The molecule has 0 unspecified atom stereocenters. The fourth-order valence-electron chi connectivity index (χ4n) is 3.32. The van der Waals surface area contributed by atoms with Gasteiger partial charge in [-0.2, -0.15) is 0 Å². The predicted molar refractivity (Wildman–Crippen MR) is 101 cm³/mol. The molecule has 2 aromatic rings. The van der Waals surface area contributed by atoms with Crippen LogP contribution in [0.5, 0.6) is 5.75 Å². The van der Waals surface area contributed by atoms with Crippen molar-refractivity contribution in [2.45, 2.75) is 19.4 Å². The Morgan fingerprint density at radius 2 is 1.96 bits per heavy atom. The lowest BCUT2D eigenvalue weighted by Gasteiger charge is -2.15. The van der Waals surface area contributed by atoms with Crippen LogP contribution in [-0.2, 0) is 20.7 Å². The van der Waals surface area contributed by atoms with Gasteiger partial charge in [-0.3, -0.25) is 4.79 Å². The quantitative estimate of drug-likeness (QED) is 0.792. The van der Waals surface area contributed by atoms with Crippen LogP contribution in [0.25, 0.3) is 11.1 Å². The molecule has 3 rings (SSSR count). The Morgan fingerprint density at radius 1 is 1.19 bits per heavy atom. The van der Waals surface area contributed by atoms with Crippen molar-refractivity contribution >= 4 is 11.9 Å². The third kappa shape index (κ3) is 4.11. The minimum atomic E-state index is -0.387. The molecular weight excluding hydrogens is 346 g/mol. The Balaban J connectivity index is 1.90. The fraction of sp³-hybridized carbons (Fsp3) is 0.333. The van der Waals surface area contributed by atoms with Gasteiger partial charge in [-0.1, -0.05) is 24.3 Å². The summed E-state index contributed by atoms with van der Waals surface area (Å²) >= 11 is 0. The summed E-state index contributed by atoms with van der Waals surface area (Å²) in [4.78, 5) is 23.8. The van der Waals surface area contributed by atoms with Gasteiger partial charge in [0.1, 0.15) is 18.5 Å². The third-order valence-electron chi connectivity index (χ3n) is 4.47. The smallest absolute Gasteiger partial charge is 0.338 e. The molecule has 1 N–H and O–H groups in total. The molecule has 1 aliphatic rings. The molecule has 6 heteroatoms. The maximum absolute atomic E-state index is 12.2. The first-order valence-electron chi connectivity index (χ1n) is 8.77. The van der Waals surface area contributed by atoms with Crippen molar-refractivity contribution in [3.05, 3.63) is 53.1 Å². The summed E-state index contributed by atoms with van der Waals surface area (Å²) in [5.74, 6) is 0.190. The molecule has 0 spiro atoms. The van der Waals surface area contributed by atoms with E-state index in [0.717, 1.165) is 28.0 Å². The molecule has 1 atom stereocenters. The zero-order chi connectivity index (χ0) is 19.4. The average molecular weight is 369 g/mol. The van der Waals surface area contributed by atoms with E-state index in [1.807, 2.05) is 25.1 Å². The van der Waals surface area contributed by atoms with Crippen LogP contribution < -0.4 is 10.1 Å². The number of benzene rings is 2. The number of aryl methyl sites for hydroxylation is 1. The van der Waals surface area contributed by atoms with Crippen molar-refractivity contribution in [3.8, 4) is 16.9 Å². The van der Waals surface area contributed by atoms with Gasteiger partial charge in [0, 0.05) is 19.1 Å². The molecule has 0 bridgehead atoms. The number of nitrogens with one attached hydrogen (secondary N) is 1. The van der Waals surface area contributed by atoms with E-state index >= 15 is 0 Å². The highest BCUT2D eigenvalue weighted by Crippen LogP contribution is 2.41. The SMILES string of the molecule is COCC(=O)NC[C@@H]1Cc2cc(C)cc(-c3ccccc3C(=O)OC)c2O1. The molecule has 0 fully saturated rings. The molecule has 142 valence electrons. The highest BCUT2D eigenvalue weighted by molar-refractivity contribution is 5.98. The van der Waals surface area contributed by atoms with E-state index in [1.54, 1.807) is 12.1 Å². The molecule has 0 aliphatic carbocycles. The summed E-state index contributed by atoms with van der Waals surface area (Å²) < 4.78 is 15.9. The van der Waals surface area contributed by atoms with E-state index in [-0.39, 0.29) is 24.6 Å². The number of amides is 1. The minimum Gasteiger partial charge on any atom is -0.487 e. The Kier molecular flexibility index (Phi) is 5.76. The van der Waals surface area contributed by atoms with Crippen LogP contribution in [0.1, 0.15) is 21.5 Å². The molecule has 0 radical (unpaired) electrons. The third-order valence-corrected chi connectivity index (χ3v) is 4.47. The standard InChI is InChI=1S/C21H23NO5/c1-13-8-14-10-15(11-22-19(23)12-25-2)27-20(14)18(9-13)16-6-4-5-7-17(16)21(24)26-3/h4-9,15H,10-12H2,1-3H3,(H,22,23)/t15-/m0/s1. The lowest BCUT2D eigenvalue weighted by molar-refractivity contribution is -0.125. The summed E-state index contributed by atoms with van der Waals surface area (Å²) in [6.45, 7) is 2.43. The monoisotopic (exact) mass is 369 g/mol. The highest BCUT2D eigenvalue weighted by Gasteiger charge is 2.28. The van der Waals surface area contributed by atoms with Gasteiger partial charge in [0.15, 0.2) is 0 Å². The fourth-order valence-corrected chi connectivity index (χ4v) is 3.32. The summed E-state index contributed by atoms with van der Waals surface area (Å²) in [5.41, 5.74) is 4.27. The summed E-state index contributed by atoms with van der Waals surface area (Å²) in [7, 11) is 2.85. The number of carbonyl (C=O) groups excluding carboxylic acids is 2. The number of hydrogen-bond donors (Lipinski definition) is 1. The van der Waals surface area contributed by atoms with E-state index in [4.69, 9.17) is 14.2 Å². The Hall–Kier alpha value is -2.86. The first kappa shape index (κ1) is 18.9. The van der Waals surface area contributed by atoms with Crippen LogP contribution in [0.2, 0.25) is 0 Å². The van der Waals surface area contributed by atoms with Crippen LogP contribution in [0, 0.1) is 6.92 Å². The molecule has 2 aromatic carbocycles. The molecule has 1 heterocycles. The van der Waals surface area contributed by atoms with Crippen molar-refractivity contribution in [1.82, 2.24) is 5.32 Å². The number of methoxy groups -OCH3 is 2. The Labute approximate surface area is 158 Å². The van der Waals surface area contributed by atoms with Crippen LogP contribution in [0.3, 0.4) is 0 Å². The van der Waals surface area contributed by atoms with Crippen LogP contribution >= 0.6 is 0 Å². The van der Waals surface area contributed by atoms with E-state index in [1.165, 1.54) is 14.2 Å². The van der Waals surface area contributed by atoms with Crippen LogP contribution in [0.4, 0.5) is 0 Å². The predicted octanol–water partition coefficient (Wildman–Crippen LogP) is 2.51. The van der Waals surface area contributed by atoms with E-state index < -0.39 is 0 Å². The molecule has 27 heavy (non-hydrogen) atoms. The largest absolute Gasteiger partial charge is 0.487 e. The molecule has 0 aromatic heterocycles. The average Bonchev–Trinajstić information content (AvgIpc) is 3.08. The van der Waals surface area contributed by atoms with Gasteiger partial charge < -0.3 is 19.5 Å². The van der Waals surface area contributed by atoms with Gasteiger partial charge in [-0.25, -0.2) is 4.79 Å². The number of fused-ring (bicyclic) bond motifs is 1. The molecule has 1 amide bonds. The Bertz CT molecular complexity index is 862. The molecule has 0 saturated heterocycles. The number of ether oxygens (including phenoxy) is 3. The van der Waals surface area contributed by atoms with Gasteiger partial charge in [-0.05, 0) is 35.7 Å². The zero-order valence-electron chi connectivity index (χ0n) is 15.7. The highest BCUT2D eigenvalue weighted by atomic mass is 16.5. The van der Waals surface area contributed by atoms with E-state index in [2.05, 4.69) is 11.4 Å². The topological polar surface area (TPSA) is 73.9 Å². The van der Waals surface area contributed by atoms with Crippen molar-refractivity contribution in [3.63, 3.8) is 0 Å². The lowest BCUT2D eigenvalue weighted by Crippen LogP contribution is -2.36. The molecule has 1 aliphatic heterocycles. The van der Waals surface area contributed by atoms with Crippen molar-refractivity contribution < 1.29 is 23.8 Å². The number of hydrogen-bond acceptors (Lipinski definition) is 5. The second kappa shape index (κ2) is 8.22. The van der Waals surface area contributed by atoms with Gasteiger partial charge in [0.2, 0.25) is 5.91 Å². The first-order valence-corrected chi connectivity index (χ1v) is 8.77. The Morgan fingerprint density at radius 3 is 2.70 bits per heavy atom. The maximum atomic E-state index is 12.2. The number of carbonyl (C=O) groups is 2. The van der Waals surface area contributed by atoms with Crippen molar-refractivity contribution in [1.29, 1.82) is 0 Å². The van der Waals surface area contributed by atoms with E-state index in [9.17, 15) is 9.59 Å². The van der Waals surface area contributed by atoms with Gasteiger partial charge in [-0.15, -0.1) is 0 Å². The van der Waals surface area contributed by atoms with Gasteiger partial charge in [0.25, 0.3) is 0 Å². The van der Waals surface area contributed by atoms with Crippen molar-refractivity contribution in [2.24, 2.45) is 0 Å². The van der Waals surface area contributed by atoms with Gasteiger partial charge >= 0.3 is 5.97 Å². The minimum absolute atomic E-state index is 0.0243. The molecule has 6 nitrogen and oxygen atoms in total. The van der Waals surface area contributed by atoms with Crippen LogP contribution in [-0.4, -0.2) is 45.4 Å². The van der Waals surface area contributed by atoms with Crippen molar-refractivity contribution in [2.75, 3.05) is 27.4 Å². The summed E-state index contributed by atoms with van der Waals surface area (Å²) in [6.07, 6.45) is 0.532. The first-order chi connectivity index (χ1) is 13.0. The molecule has 0 saturated carbocycles. The second-order valence-corrected chi connectivity index (χ2v) is 6.52. The summed E-state index contributed by atoms with van der Waals surface area (Å²) in [6, 6.07) is 11.4. The molecular formula is C21H23NO5. The number of esters is 1. The number of rotatable bonds is 6. The normalized spacial score (nSPS) is 15.0. The van der Waals surface area contributed by atoms with Crippen LogP contribution in [0.15, 0.2) is 36.4 Å². The second-order valence-electron chi connectivity index (χ2n) is 6.52. The summed E-state index contributed by atoms with van der Waals surface area (Å²) in [5, 5.41) is 2.81. The van der Waals surface area contributed by atoms with E-state index in [0.29, 0.717) is 18.5 Å².